The van der Waals surface area contributed by atoms with Crippen molar-refractivity contribution in [1.29, 1.82) is 0 Å². The molecule has 0 spiro atoms. The first-order valence-corrected chi connectivity index (χ1v) is 7.77. The van der Waals surface area contributed by atoms with E-state index in [4.69, 9.17) is 9.94 Å². The standard InChI is InChI=1S/C17H26N2O4/c1-4-17(2,3)18-15(20)14(16(21)19-22)10-11-23-12-13-8-6-5-7-9-13/h5-9,14,22H,4,10-12H2,1-3H3,(H,18,20)(H,19,21). The second-order valence-electron chi connectivity index (χ2n) is 6.08. The largest absolute Gasteiger partial charge is 0.377 e. The van der Waals surface area contributed by atoms with Gasteiger partial charge in [0.25, 0.3) is 5.91 Å². The van der Waals surface area contributed by atoms with E-state index >= 15 is 0 Å². The van der Waals surface area contributed by atoms with Crippen molar-refractivity contribution in [2.75, 3.05) is 6.61 Å². The number of carbonyl (C=O) groups excluding carboxylic acids is 2. The van der Waals surface area contributed by atoms with Crippen LogP contribution in [0.5, 0.6) is 0 Å². The minimum atomic E-state index is -0.985. The fourth-order valence-corrected chi connectivity index (χ4v) is 1.93. The number of rotatable bonds is 9. The van der Waals surface area contributed by atoms with E-state index in [-0.39, 0.29) is 13.0 Å². The Bertz CT molecular complexity index is 503. The number of hydrogen-bond donors (Lipinski definition) is 3. The average Bonchev–Trinajstić information content (AvgIpc) is 2.54. The SMILES string of the molecule is CCC(C)(C)NC(=O)C(CCOCc1ccccc1)C(=O)NO. The van der Waals surface area contributed by atoms with Crippen LogP contribution in [-0.2, 0) is 20.9 Å². The molecule has 0 saturated heterocycles. The molecule has 1 aromatic carbocycles. The number of ether oxygens (including phenoxy) is 1. The van der Waals surface area contributed by atoms with Crippen LogP contribution in [0.3, 0.4) is 0 Å². The highest BCUT2D eigenvalue weighted by Crippen LogP contribution is 2.12. The number of benzene rings is 1. The maximum absolute atomic E-state index is 12.2. The van der Waals surface area contributed by atoms with Gasteiger partial charge >= 0.3 is 0 Å². The summed E-state index contributed by atoms with van der Waals surface area (Å²) in [7, 11) is 0. The van der Waals surface area contributed by atoms with E-state index in [1.807, 2.05) is 51.1 Å². The molecule has 0 aliphatic rings. The van der Waals surface area contributed by atoms with Gasteiger partial charge in [-0.2, -0.15) is 0 Å². The molecule has 2 amide bonds. The third-order valence-electron chi connectivity index (χ3n) is 3.75. The fourth-order valence-electron chi connectivity index (χ4n) is 1.93. The molecule has 128 valence electrons. The average molecular weight is 322 g/mol. The molecule has 1 unspecified atom stereocenters. The second kappa shape index (κ2) is 9.27. The van der Waals surface area contributed by atoms with Crippen LogP contribution >= 0.6 is 0 Å². The highest BCUT2D eigenvalue weighted by Gasteiger charge is 2.29. The summed E-state index contributed by atoms with van der Waals surface area (Å²) in [4.78, 5) is 24.0. The summed E-state index contributed by atoms with van der Waals surface area (Å²) in [5.74, 6) is -2.12. The molecule has 0 bridgehead atoms. The lowest BCUT2D eigenvalue weighted by Gasteiger charge is -2.27. The van der Waals surface area contributed by atoms with Crippen LogP contribution in [0.15, 0.2) is 30.3 Å². The predicted octanol–water partition coefficient (Wildman–Crippen LogP) is 2.02. The van der Waals surface area contributed by atoms with Crippen molar-refractivity contribution in [2.24, 2.45) is 5.92 Å². The molecule has 0 aliphatic carbocycles. The Morgan fingerprint density at radius 3 is 2.43 bits per heavy atom. The van der Waals surface area contributed by atoms with E-state index in [0.717, 1.165) is 12.0 Å². The van der Waals surface area contributed by atoms with Gasteiger partial charge in [-0.15, -0.1) is 0 Å². The predicted molar refractivity (Wildman–Crippen MR) is 86.6 cm³/mol. The summed E-state index contributed by atoms with van der Waals surface area (Å²) < 4.78 is 5.51. The lowest BCUT2D eigenvalue weighted by Crippen LogP contribution is -2.49. The molecule has 0 radical (unpaired) electrons. The van der Waals surface area contributed by atoms with Gasteiger partial charge in [-0.3, -0.25) is 14.8 Å². The first kappa shape index (κ1) is 19.1. The molecule has 0 saturated carbocycles. The van der Waals surface area contributed by atoms with E-state index in [1.165, 1.54) is 0 Å². The van der Waals surface area contributed by atoms with E-state index in [1.54, 1.807) is 5.48 Å². The Balaban J connectivity index is 2.51. The Morgan fingerprint density at radius 1 is 1.22 bits per heavy atom. The minimum Gasteiger partial charge on any atom is -0.377 e. The van der Waals surface area contributed by atoms with Crippen LogP contribution in [0.2, 0.25) is 0 Å². The molecule has 6 heteroatoms. The first-order valence-electron chi connectivity index (χ1n) is 7.77. The van der Waals surface area contributed by atoms with Crippen LogP contribution in [0, 0.1) is 5.92 Å². The normalized spacial score (nSPS) is 12.5. The molecule has 1 aromatic rings. The molecule has 0 heterocycles. The van der Waals surface area contributed by atoms with E-state index < -0.39 is 23.3 Å². The van der Waals surface area contributed by atoms with Gasteiger partial charge in [0.05, 0.1) is 6.61 Å². The van der Waals surface area contributed by atoms with Gasteiger partial charge in [-0.05, 0) is 32.3 Å². The Kier molecular flexibility index (Phi) is 7.71. The number of hydroxylamine groups is 1. The molecular formula is C17H26N2O4. The smallest absolute Gasteiger partial charge is 0.255 e. The highest BCUT2D eigenvalue weighted by atomic mass is 16.5. The quantitative estimate of drug-likeness (QED) is 0.281. The van der Waals surface area contributed by atoms with Crippen molar-refractivity contribution in [1.82, 2.24) is 10.8 Å². The second-order valence-corrected chi connectivity index (χ2v) is 6.08. The molecule has 0 aliphatic heterocycles. The van der Waals surface area contributed by atoms with Crippen LogP contribution < -0.4 is 10.8 Å². The van der Waals surface area contributed by atoms with Crippen molar-refractivity contribution in [2.45, 2.75) is 45.8 Å². The topological polar surface area (TPSA) is 87.7 Å². The summed E-state index contributed by atoms with van der Waals surface area (Å²) in [6.45, 7) is 6.36. The molecular weight excluding hydrogens is 296 g/mol. The highest BCUT2D eigenvalue weighted by molar-refractivity contribution is 6.00. The molecule has 6 nitrogen and oxygen atoms in total. The van der Waals surface area contributed by atoms with Gasteiger partial charge in [0.15, 0.2) is 0 Å². The summed E-state index contributed by atoms with van der Waals surface area (Å²) in [5, 5.41) is 11.6. The van der Waals surface area contributed by atoms with Crippen LogP contribution in [0.4, 0.5) is 0 Å². The van der Waals surface area contributed by atoms with Gasteiger partial charge in [-0.1, -0.05) is 37.3 Å². The zero-order valence-corrected chi connectivity index (χ0v) is 14.0. The maximum Gasteiger partial charge on any atom is 0.255 e. The number of nitrogens with one attached hydrogen (secondary N) is 2. The Morgan fingerprint density at radius 2 is 1.87 bits per heavy atom. The lowest BCUT2D eigenvalue weighted by atomic mass is 9.98. The molecule has 0 fully saturated rings. The number of amides is 2. The molecule has 0 aromatic heterocycles. The van der Waals surface area contributed by atoms with E-state index in [2.05, 4.69) is 5.32 Å². The molecule has 1 rings (SSSR count). The summed E-state index contributed by atoms with van der Waals surface area (Å²) >= 11 is 0. The third-order valence-corrected chi connectivity index (χ3v) is 3.75. The zero-order valence-electron chi connectivity index (χ0n) is 14.0. The molecule has 23 heavy (non-hydrogen) atoms. The van der Waals surface area contributed by atoms with E-state index in [9.17, 15) is 9.59 Å². The van der Waals surface area contributed by atoms with Crippen LogP contribution in [0.25, 0.3) is 0 Å². The van der Waals surface area contributed by atoms with Crippen molar-refractivity contribution in [3.8, 4) is 0 Å². The first-order chi connectivity index (χ1) is 10.9. The Labute approximate surface area is 137 Å². The monoisotopic (exact) mass is 322 g/mol. The van der Waals surface area contributed by atoms with Gasteiger partial charge in [-0.25, -0.2) is 5.48 Å². The maximum atomic E-state index is 12.2. The summed E-state index contributed by atoms with van der Waals surface area (Å²) in [6, 6.07) is 9.63. The minimum absolute atomic E-state index is 0.199. The fraction of sp³-hybridized carbons (Fsp3) is 0.529. The van der Waals surface area contributed by atoms with E-state index in [0.29, 0.717) is 6.61 Å². The zero-order chi connectivity index (χ0) is 17.3. The molecule has 3 N–H and O–H groups in total. The van der Waals surface area contributed by atoms with Crippen molar-refractivity contribution < 1.29 is 19.5 Å². The van der Waals surface area contributed by atoms with Crippen LogP contribution in [0.1, 0.15) is 39.2 Å². The van der Waals surface area contributed by atoms with Crippen molar-refractivity contribution in [3.05, 3.63) is 35.9 Å². The number of carbonyl (C=O) groups is 2. The summed E-state index contributed by atoms with van der Waals surface area (Å²) in [5.41, 5.74) is 2.17. The van der Waals surface area contributed by atoms with Gasteiger partial charge in [0.2, 0.25) is 5.91 Å². The van der Waals surface area contributed by atoms with Gasteiger partial charge in [0, 0.05) is 12.1 Å². The summed E-state index contributed by atoms with van der Waals surface area (Å²) in [6.07, 6.45) is 0.932. The third kappa shape index (κ3) is 6.80. The number of hydrogen-bond acceptors (Lipinski definition) is 4. The van der Waals surface area contributed by atoms with Crippen molar-refractivity contribution >= 4 is 11.8 Å². The molecule has 1 atom stereocenters. The van der Waals surface area contributed by atoms with Gasteiger partial charge in [0.1, 0.15) is 5.92 Å². The van der Waals surface area contributed by atoms with Crippen molar-refractivity contribution in [3.63, 3.8) is 0 Å². The van der Waals surface area contributed by atoms with Crippen LogP contribution in [-0.4, -0.2) is 29.2 Å². The lowest BCUT2D eigenvalue weighted by molar-refractivity contribution is -0.142. The van der Waals surface area contributed by atoms with Gasteiger partial charge < -0.3 is 10.1 Å². The Hall–Kier alpha value is -1.92.